The molecule has 1 aliphatic heterocycles. The van der Waals surface area contributed by atoms with Crippen molar-refractivity contribution in [2.45, 2.75) is 0 Å². The van der Waals surface area contributed by atoms with Crippen molar-refractivity contribution in [3.63, 3.8) is 0 Å². The summed E-state index contributed by atoms with van der Waals surface area (Å²) >= 11 is 11.1. The highest BCUT2D eigenvalue weighted by atomic mass is 35.5. The van der Waals surface area contributed by atoms with E-state index >= 15 is 0 Å². The molecule has 1 N–H and O–H groups in total. The van der Waals surface area contributed by atoms with Crippen molar-refractivity contribution >= 4 is 51.9 Å². The third-order valence-electron chi connectivity index (χ3n) is 3.41. The van der Waals surface area contributed by atoms with Crippen LogP contribution in [0.5, 0.6) is 0 Å². The first-order valence-electron chi connectivity index (χ1n) is 6.68. The van der Waals surface area contributed by atoms with E-state index in [1.54, 1.807) is 54.6 Å². The lowest BCUT2D eigenvalue weighted by molar-refractivity contribution is -0.132. The number of hydrogen-bond donors (Lipinski definition) is 1. The van der Waals surface area contributed by atoms with Gasteiger partial charge in [-0.05, 0) is 24.3 Å². The summed E-state index contributed by atoms with van der Waals surface area (Å²) in [5, 5.41) is 10.9. The number of carbonyl (C=O) groups excluding carboxylic acids is 2. The average molecular weight is 344 g/mol. The Labute approximate surface area is 142 Å². The van der Waals surface area contributed by atoms with Crippen LogP contribution in [-0.2, 0) is 9.59 Å². The topological polar surface area (TPSA) is 57.6 Å². The largest absolute Gasteiger partial charge is 0.506 e. The van der Waals surface area contributed by atoms with Gasteiger partial charge < -0.3 is 5.11 Å². The molecule has 1 heterocycles. The van der Waals surface area contributed by atoms with Crippen molar-refractivity contribution in [1.29, 1.82) is 0 Å². The summed E-state index contributed by atoms with van der Waals surface area (Å²) in [6, 6.07) is 14.8. The van der Waals surface area contributed by atoms with Crippen LogP contribution in [0, 0.1) is 0 Å². The van der Waals surface area contributed by atoms with Crippen LogP contribution in [-0.4, -0.2) is 21.8 Å². The van der Waals surface area contributed by atoms with Crippen molar-refractivity contribution in [3.8, 4) is 0 Å². The second-order valence-corrected chi connectivity index (χ2v) is 5.66. The Bertz CT molecular complexity index is 844. The van der Waals surface area contributed by atoms with E-state index in [2.05, 4.69) is 0 Å². The number of hydrogen-bond acceptors (Lipinski definition) is 4. The first kappa shape index (κ1) is 15.4. The Morgan fingerprint density at radius 3 is 2.22 bits per heavy atom. The zero-order valence-electron chi connectivity index (χ0n) is 11.7. The van der Waals surface area contributed by atoms with E-state index in [1.807, 2.05) is 0 Å². The van der Waals surface area contributed by atoms with E-state index in [4.69, 9.17) is 23.8 Å². The number of anilines is 1. The van der Waals surface area contributed by atoms with Crippen LogP contribution in [0.4, 0.5) is 5.69 Å². The lowest BCUT2D eigenvalue weighted by Gasteiger charge is -2.14. The van der Waals surface area contributed by atoms with Crippen molar-refractivity contribution in [2.75, 3.05) is 4.90 Å². The molecule has 114 valence electrons. The SMILES string of the molecule is O=C1C(=O)N(c2ccc(Cl)cc2)C(=S)C1=C(O)c1ccccc1. The number of benzene rings is 2. The maximum atomic E-state index is 12.3. The minimum Gasteiger partial charge on any atom is -0.506 e. The fourth-order valence-corrected chi connectivity index (χ4v) is 2.79. The minimum atomic E-state index is -0.827. The molecule has 0 bridgehead atoms. The number of rotatable bonds is 2. The molecule has 1 fully saturated rings. The summed E-state index contributed by atoms with van der Waals surface area (Å²) in [4.78, 5) is 25.6. The lowest BCUT2D eigenvalue weighted by Crippen LogP contribution is -2.29. The van der Waals surface area contributed by atoms with E-state index in [-0.39, 0.29) is 16.3 Å². The van der Waals surface area contributed by atoms with Gasteiger partial charge in [-0.2, -0.15) is 0 Å². The van der Waals surface area contributed by atoms with E-state index in [1.165, 1.54) is 0 Å². The number of amides is 1. The fraction of sp³-hybridized carbons (Fsp3) is 0. The monoisotopic (exact) mass is 343 g/mol. The van der Waals surface area contributed by atoms with Gasteiger partial charge in [0.2, 0.25) is 0 Å². The molecule has 2 aromatic rings. The summed E-state index contributed by atoms with van der Waals surface area (Å²) in [7, 11) is 0. The number of ketones is 1. The number of halogens is 1. The van der Waals surface area contributed by atoms with Crippen LogP contribution < -0.4 is 4.90 Å². The Hall–Kier alpha value is -2.50. The second-order valence-electron chi connectivity index (χ2n) is 4.84. The zero-order chi connectivity index (χ0) is 16.6. The normalized spacial score (nSPS) is 16.9. The molecule has 0 saturated carbocycles. The molecule has 6 heteroatoms. The summed E-state index contributed by atoms with van der Waals surface area (Å²) in [6.07, 6.45) is 0. The standard InChI is InChI=1S/C17H10ClNO3S/c18-11-6-8-12(9-7-11)19-16(22)15(21)13(17(19)23)14(20)10-4-2-1-3-5-10/h1-9,20H. The molecule has 0 spiro atoms. The maximum absolute atomic E-state index is 12.3. The Balaban J connectivity index is 2.09. The molecule has 1 amide bonds. The van der Waals surface area contributed by atoms with Gasteiger partial charge in [0.05, 0.1) is 5.69 Å². The van der Waals surface area contributed by atoms with Gasteiger partial charge in [-0.3, -0.25) is 14.5 Å². The van der Waals surface area contributed by atoms with Gasteiger partial charge >= 0.3 is 5.91 Å². The summed E-state index contributed by atoms with van der Waals surface area (Å²) < 4.78 is 0. The fourth-order valence-electron chi connectivity index (χ4n) is 2.28. The Morgan fingerprint density at radius 1 is 1.00 bits per heavy atom. The van der Waals surface area contributed by atoms with Crippen LogP contribution in [0.1, 0.15) is 5.56 Å². The van der Waals surface area contributed by atoms with E-state index < -0.39 is 11.7 Å². The van der Waals surface area contributed by atoms with Crippen LogP contribution in [0.25, 0.3) is 5.76 Å². The number of aliphatic hydroxyl groups is 1. The molecule has 4 nitrogen and oxygen atoms in total. The van der Waals surface area contributed by atoms with Crippen molar-refractivity contribution in [1.82, 2.24) is 0 Å². The first-order valence-corrected chi connectivity index (χ1v) is 7.46. The van der Waals surface area contributed by atoms with Crippen LogP contribution in [0.3, 0.4) is 0 Å². The Morgan fingerprint density at radius 2 is 1.61 bits per heavy atom. The number of Topliss-reactive ketones (excluding diaryl/α,β-unsaturated/α-hetero) is 1. The number of aliphatic hydroxyl groups excluding tert-OH is 1. The molecule has 1 aliphatic rings. The molecular weight excluding hydrogens is 334 g/mol. The second kappa shape index (κ2) is 5.95. The predicted octanol–water partition coefficient (Wildman–Crippen LogP) is 3.55. The summed E-state index contributed by atoms with van der Waals surface area (Å²) in [5.74, 6) is -1.92. The molecule has 0 atom stereocenters. The number of nitrogens with zero attached hydrogens (tertiary/aromatic N) is 1. The van der Waals surface area contributed by atoms with Crippen molar-refractivity contribution in [2.24, 2.45) is 0 Å². The van der Waals surface area contributed by atoms with Crippen LogP contribution in [0.2, 0.25) is 5.02 Å². The molecule has 0 radical (unpaired) electrons. The van der Waals surface area contributed by atoms with E-state index in [0.29, 0.717) is 16.3 Å². The quantitative estimate of drug-likeness (QED) is 0.392. The summed E-state index contributed by atoms with van der Waals surface area (Å²) in [5.41, 5.74) is 0.684. The van der Waals surface area contributed by atoms with Gasteiger partial charge in [0.1, 0.15) is 16.3 Å². The third kappa shape index (κ3) is 2.65. The van der Waals surface area contributed by atoms with Gasteiger partial charge in [0, 0.05) is 10.6 Å². The van der Waals surface area contributed by atoms with Gasteiger partial charge in [-0.25, -0.2) is 0 Å². The maximum Gasteiger partial charge on any atom is 0.304 e. The van der Waals surface area contributed by atoms with Crippen molar-refractivity contribution < 1.29 is 14.7 Å². The summed E-state index contributed by atoms with van der Waals surface area (Å²) in [6.45, 7) is 0. The highest BCUT2D eigenvalue weighted by Gasteiger charge is 2.42. The molecule has 2 aromatic carbocycles. The van der Waals surface area contributed by atoms with Crippen molar-refractivity contribution in [3.05, 3.63) is 70.8 Å². The average Bonchev–Trinajstić information content (AvgIpc) is 2.78. The van der Waals surface area contributed by atoms with Gasteiger partial charge in [0.15, 0.2) is 0 Å². The molecular formula is C17H10ClNO3S. The molecule has 23 heavy (non-hydrogen) atoms. The third-order valence-corrected chi connectivity index (χ3v) is 4.05. The molecule has 3 rings (SSSR count). The van der Waals surface area contributed by atoms with Gasteiger partial charge in [-0.15, -0.1) is 0 Å². The van der Waals surface area contributed by atoms with E-state index in [9.17, 15) is 14.7 Å². The highest BCUT2D eigenvalue weighted by molar-refractivity contribution is 7.81. The first-order chi connectivity index (χ1) is 11.0. The molecule has 0 aromatic heterocycles. The zero-order valence-corrected chi connectivity index (χ0v) is 13.3. The molecule has 0 aliphatic carbocycles. The number of carbonyl (C=O) groups is 2. The van der Waals surface area contributed by atoms with E-state index in [0.717, 1.165) is 4.90 Å². The lowest BCUT2D eigenvalue weighted by atomic mass is 10.1. The van der Waals surface area contributed by atoms with Crippen LogP contribution in [0.15, 0.2) is 60.2 Å². The minimum absolute atomic E-state index is 0.0244. The van der Waals surface area contributed by atoms with Gasteiger partial charge in [-0.1, -0.05) is 54.2 Å². The van der Waals surface area contributed by atoms with Crippen LogP contribution >= 0.6 is 23.8 Å². The Kier molecular flexibility index (Phi) is 3.98. The molecule has 0 unspecified atom stereocenters. The predicted molar refractivity (Wildman–Crippen MR) is 92.5 cm³/mol. The highest BCUT2D eigenvalue weighted by Crippen LogP contribution is 2.30. The molecule has 1 saturated heterocycles. The number of thiocarbonyl (C=S) groups is 1. The smallest absolute Gasteiger partial charge is 0.304 e. The van der Waals surface area contributed by atoms with Gasteiger partial charge in [0.25, 0.3) is 5.78 Å².